The van der Waals surface area contributed by atoms with Crippen molar-refractivity contribution in [1.29, 1.82) is 0 Å². The van der Waals surface area contributed by atoms with Gasteiger partial charge in [0.05, 0.1) is 0 Å². The zero-order valence-corrected chi connectivity index (χ0v) is 17.5. The van der Waals surface area contributed by atoms with Crippen LogP contribution < -0.4 is 10.6 Å². The van der Waals surface area contributed by atoms with Crippen LogP contribution in [0.1, 0.15) is 12.5 Å². The first-order chi connectivity index (χ1) is 14.4. The van der Waals surface area contributed by atoms with Gasteiger partial charge in [0.15, 0.2) is 0 Å². The van der Waals surface area contributed by atoms with E-state index < -0.39 is 23.4 Å². The highest BCUT2D eigenvalue weighted by Crippen LogP contribution is 2.33. The van der Waals surface area contributed by atoms with Gasteiger partial charge in [-0.05, 0) is 47.7 Å². The molecule has 1 fully saturated rings. The Hall–Kier alpha value is -3.32. The summed E-state index contributed by atoms with van der Waals surface area (Å²) >= 11 is 1.56. The Labute approximate surface area is 178 Å². The van der Waals surface area contributed by atoms with Crippen molar-refractivity contribution < 1.29 is 14.4 Å². The fourth-order valence-corrected chi connectivity index (χ4v) is 4.19. The van der Waals surface area contributed by atoms with Crippen molar-refractivity contribution in [3.8, 4) is 0 Å². The number of anilines is 1. The fraction of sp³-hybridized carbons (Fsp3) is 0.174. The third-order valence-corrected chi connectivity index (χ3v) is 5.98. The lowest BCUT2D eigenvalue weighted by Gasteiger charge is -2.24. The molecule has 0 saturated carbocycles. The van der Waals surface area contributed by atoms with E-state index in [1.807, 2.05) is 66.9 Å². The van der Waals surface area contributed by atoms with Crippen molar-refractivity contribution in [2.75, 3.05) is 18.1 Å². The number of benzene rings is 3. The quantitative estimate of drug-likeness (QED) is 0.485. The number of fused-ring (bicyclic) bond motifs is 1. The highest BCUT2D eigenvalue weighted by atomic mass is 32.2. The molecule has 0 aliphatic carbocycles. The lowest BCUT2D eigenvalue weighted by atomic mass is 9.88. The molecule has 4 amide bonds. The molecule has 1 saturated heterocycles. The summed E-state index contributed by atoms with van der Waals surface area (Å²) in [4.78, 5) is 40.3. The molecule has 0 bridgehead atoms. The van der Waals surface area contributed by atoms with Crippen molar-refractivity contribution in [3.63, 3.8) is 0 Å². The number of hydrogen-bond donors (Lipinski definition) is 2. The van der Waals surface area contributed by atoms with Crippen molar-refractivity contribution in [2.24, 2.45) is 0 Å². The van der Waals surface area contributed by atoms with Gasteiger partial charge in [-0.15, -0.1) is 11.8 Å². The van der Waals surface area contributed by atoms with E-state index in [4.69, 9.17) is 0 Å². The maximum Gasteiger partial charge on any atom is 0.325 e. The molecule has 1 heterocycles. The minimum absolute atomic E-state index is 0.353. The molecule has 2 N–H and O–H groups in total. The predicted octanol–water partition coefficient (Wildman–Crippen LogP) is 3.97. The van der Waals surface area contributed by atoms with Gasteiger partial charge in [-0.25, -0.2) is 4.79 Å². The second-order valence-corrected chi connectivity index (χ2v) is 8.13. The summed E-state index contributed by atoms with van der Waals surface area (Å²) in [5.74, 6) is -0.879. The van der Waals surface area contributed by atoms with E-state index in [9.17, 15) is 14.4 Å². The van der Waals surface area contributed by atoms with E-state index in [1.54, 1.807) is 24.8 Å². The second kappa shape index (κ2) is 7.84. The molecule has 0 spiro atoms. The third kappa shape index (κ3) is 3.52. The Morgan fingerprint density at radius 1 is 1.07 bits per heavy atom. The van der Waals surface area contributed by atoms with Crippen molar-refractivity contribution in [3.05, 3.63) is 72.3 Å². The van der Waals surface area contributed by atoms with E-state index in [-0.39, 0.29) is 6.54 Å². The predicted molar refractivity (Wildman–Crippen MR) is 118 cm³/mol. The van der Waals surface area contributed by atoms with Crippen LogP contribution in [0.25, 0.3) is 10.8 Å². The Morgan fingerprint density at radius 3 is 2.60 bits per heavy atom. The standard InChI is InChI=1S/C23H21N3O3S/c1-23(19-12-5-8-15-7-3-4-11-18(15)19)21(28)26(22(29)25-23)14-20(27)24-16-9-6-10-17(13-16)30-2/h3-13H,14H2,1-2H3,(H,24,27)(H,25,29). The SMILES string of the molecule is CSc1cccc(NC(=O)CN2C(=O)NC(C)(c3cccc4ccccc34)C2=O)c1. The highest BCUT2D eigenvalue weighted by molar-refractivity contribution is 7.98. The van der Waals surface area contributed by atoms with Gasteiger partial charge in [-0.1, -0.05) is 48.5 Å². The summed E-state index contributed by atoms with van der Waals surface area (Å²) < 4.78 is 0. The van der Waals surface area contributed by atoms with E-state index >= 15 is 0 Å². The Kier molecular flexibility index (Phi) is 5.22. The van der Waals surface area contributed by atoms with Crippen LogP contribution in [0.15, 0.2) is 71.6 Å². The molecular formula is C23H21N3O3S. The largest absolute Gasteiger partial charge is 0.325 e. The normalized spacial score (nSPS) is 18.5. The van der Waals surface area contributed by atoms with Gasteiger partial charge in [-0.3, -0.25) is 14.5 Å². The highest BCUT2D eigenvalue weighted by Gasteiger charge is 2.50. The smallest absolute Gasteiger partial charge is 0.324 e. The van der Waals surface area contributed by atoms with Gasteiger partial charge in [0.2, 0.25) is 5.91 Å². The van der Waals surface area contributed by atoms with Gasteiger partial charge < -0.3 is 10.6 Å². The summed E-state index contributed by atoms with van der Waals surface area (Å²) in [6, 6.07) is 20.1. The van der Waals surface area contributed by atoms with Gasteiger partial charge in [0.25, 0.3) is 5.91 Å². The van der Waals surface area contributed by atoms with Crippen LogP contribution in [0, 0.1) is 0 Å². The van der Waals surface area contributed by atoms with Crippen LogP contribution in [0.2, 0.25) is 0 Å². The molecule has 7 heteroatoms. The topological polar surface area (TPSA) is 78.5 Å². The molecule has 1 unspecified atom stereocenters. The fourth-order valence-electron chi connectivity index (χ4n) is 3.73. The lowest BCUT2D eigenvalue weighted by Crippen LogP contribution is -2.42. The van der Waals surface area contributed by atoms with Gasteiger partial charge >= 0.3 is 6.03 Å². The van der Waals surface area contributed by atoms with Gasteiger partial charge in [0, 0.05) is 10.6 Å². The lowest BCUT2D eigenvalue weighted by molar-refractivity contribution is -0.133. The molecule has 0 aromatic heterocycles. The second-order valence-electron chi connectivity index (χ2n) is 7.25. The van der Waals surface area contributed by atoms with Gasteiger partial charge in [0.1, 0.15) is 12.1 Å². The zero-order valence-electron chi connectivity index (χ0n) is 16.6. The van der Waals surface area contributed by atoms with Crippen molar-refractivity contribution in [1.82, 2.24) is 10.2 Å². The molecule has 1 aliphatic rings. The zero-order chi connectivity index (χ0) is 21.3. The van der Waals surface area contributed by atoms with E-state index in [0.717, 1.165) is 20.6 Å². The van der Waals surface area contributed by atoms with Crippen molar-refractivity contribution >= 4 is 46.1 Å². The molecule has 1 aliphatic heterocycles. The number of rotatable bonds is 5. The number of nitrogens with zero attached hydrogens (tertiary/aromatic N) is 1. The average molecular weight is 420 g/mol. The summed E-state index contributed by atoms with van der Waals surface area (Å²) in [5.41, 5.74) is 0.0852. The first-order valence-corrected chi connectivity index (χ1v) is 10.7. The molecule has 1 atom stereocenters. The number of nitrogens with one attached hydrogen (secondary N) is 2. The maximum absolute atomic E-state index is 13.2. The third-order valence-electron chi connectivity index (χ3n) is 5.26. The minimum atomic E-state index is -1.24. The number of imide groups is 1. The van der Waals surface area contributed by atoms with Crippen LogP contribution >= 0.6 is 11.8 Å². The van der Waals surface area contributed by atoms with E-state index in [1.165, 1.54) is 0 Å². The number of carbonyl (C=O) groups excluding carboxylic acids is 3. The molecule has 152 valence electrons. The molecule has 3 aromatic rings. The molecule has 30 heavy (non-hydrogen) atoms. The molecule has 0 radical (unpaired) electrons. The number of amides is 4. The Bertz CT molecular complexity index is 1160. The average Bonchev–Trinajstić information content (AvgIpc) is 2.97. The number of urea groups is 1. The van der Waals surface area contributed by atoms with Crippen LogP contribution in [0.3, 0.4) is 0 Å². The van der Waals surface area contributed by atoms with Crippen LogP contribution in [-0.2, 0) is 15.1 Å². The van der Waals surface area contributed by atoms with Crippen LogP contribution in [0.5, 0.6) is 0 Å². The van der Waals surface area contributed by atoms with Crippen LogP contribution in [-0.4, -0.2) is 35.5 Å². The van der Waals surface area contributed by atoms with E-state index in [0.29, 0.717) is 11.3 Å². The van der Waals surface area contributed by atoms with Crippen molar-refractivity contribution in [2.45, 2.75) is 17.4 Å². The molecule has 3 aromatic carbocycles. The Balaban J connectivity index is 1.57. The first-order valence-electron chi connectivity index (χ1n) is 9.48. The number of thioether (sulfide) groups is 1. The summed E-state index contributed by atoms with van der Waals surface area (Å²) in [6.45, 7) is 1.32. The van der Waals surface area contributed by atoms with Gasteiger partial charge in [-0.2, -0.15) is 0 Å². The minimum Gasteiger partial charge on any atom is -0.324 e. The molecule has 6 nitrogen and oxygen atoms in total. The number of hydrogen-bond acceptors (Lipinski definition) is 4. The number of carbonyl (C=O) groups is 3. The van der Waals surface area contributed by atoms with Crippen LogP contribution in [0.4, 0.5) is 10.5 Å². The maximum atomic E-state index is 13.2. The first kappa shape index (κ1) is 20.0. The monoisotopic (exact) mass is 419 g/mol. The summed E-state index contributed by atoms with van der Waals surface area (Å²) in [6.07, 6.45) is 1.95. The molecule has 4 rings (SSSR count). The summed E-state index contributed by atoms with van der Waals surface area (Å²) in [5, 5.41) is 7.40. The molecular weight excluding hydrogens is 398 g/mol. The summed E-state index contributed by atoms with van der Waals surface area (Å²) in [7, 11) is 0. The van der Waals surface area contributed by atoms with E-state index in [2.05, 4.69) is 10.6 Å². The Morgan fingerprint density at radius 2 is 1.80 bits per heavy atom.